The number of aliphatic hydroxyl groups is 1. The molecule has 0 heterocycles. The molecule has 2 N–H and O–H groups in total. The van der Waals surface area contributed by atoms with Gasteiger partial charge in [-0.05, 0) is 67.6 Å². The van der Waals surface area contributed by atoms with Gasteiger partial charge in [0.05, 0.1) is 6.61 Å². The Morgan fingerprint density at radius 3 is 1.65 bits per heavy atom. The lowest BCUT2D eigenvalue weighted by atomic mass is 10.1. The summed E-state index contributed by atoms with van der Waals surface area (Å²) in [5.41, 5.74) is 1.15. The Morgan fingerprint density at radius 2 is 1.19 bits per heavy atom. The summed E-state index contributed by atoms with van der Waals surface area (Å²) in [6.07, 6.45) is 0.777. The van der Waals surface area contributed by atoms with E-state index in [-0.39, 0.29) is 12.6 Å². The summed E-state index contributed by atoms with van der Waals surface area (Å²) in [6.45, 7) is 0.117. The predicted octanol–water partition coefficient (Wildman–Crippen LogP) is 4.39. The van der Waals surface area contributed by atoms with Crippen LogP contribution >= 0.6 is 0 Å². The van der Waals surface area contributed by atoms with Crippen molar-refractivity contribution in [3.05, 3.63) is 84.4 Å². The summed E-state index contributed by atoms with van der Waals surface area (Å²) in [4.78, 5) is 0. The Balaban J connectivity index is 1.58. The van der Waals surface area contributed by atoms with E-state index in [0.29, 0.717) is 0 Å². The second-order valence-corrected chi connectivity index (χ2v) is 6.00. The van der Waals surface area contributed by atoms with Crippen LogP contribution in [-0.2, 0) is 6.42 Å². The number of rotatable bonds is 8. The van der Waals surface area contributed by atoms with Crippen molar-refractivity contribution in [2.24, 2.45) is 0 Å². The molecule has 4 nitrogen and oxygen atoms in total. The summed E-state index contributed by atoms with van der Waals surface area (Å²) in [5.74, 6) is 3.10. The van der Waals surface area contributed by atoms with Crippen LogP contribution in [0.4, 0.5) is 0 Å². The van der Waals surface area contributed by atoms with Gasteiger partial charge >= 0.3 is 0 Å². The molecule has 0 bridgehead atoms. The maximum atomic E-state index is 9.25. The second-order valence-electron chi connectivity index (χ2n) is 6.00. The minimum absolute atomic E-state index is 0.0685. The SMILES string of the molecule is CN[C@H](CO)Cc1ccc(Oc2ccc(Oc3ccccc3)cc2)cc1. The van der Waals surface area contributed by atoms with Gasteiger partial charge in [-0.2, -0.15) is 0 Å². The first-order valence-electron chi connectivity index (χ1n) is 8.64. The van der Waals surface area contributed by atoms with E-state index in [2.05, 4.69) is 5.32 Å². The quantitative estimate of drug-likeness (QED) is 0.633. The molecule has 0 fully saturated rings. The molecule has 134 valence electrons. The molecule has 0 aromatic heterocycles. The molecule has 3 rings (SSSR count). The molecule has 3 aromatic carbocycles. The van der Waals surface area contributed by atoms with Crippen LogP contribution in [0.25, 0.3) is 0 Å². The topological polar surface area (TPSA) is 50.7 Å². The van der Waals surface area contributed by atoms with Gasteiger partial charge in [-0.15, -0.1) is 0 Å². The number of ether oxygens (including phenoxy) is 2. The Labute approximate surface area is 154 Å². The van der Waals surface area contributed by atoms with Gasteiger partial charge in [0, 0.05) is 6.04 Å². The van der Waals surface area contributed by atoms with Crippen molar-refractivity contribution in [1.29, 1.82) is 0 Å². The highest BCUT2D eigenvalue weighted by Crippen LogP contribution is 2.26. The van der Waals surface area contributed by atoms with Crippen molar-refractivity contribution in [3.8, 4) is 23.0 Å². The van der Waals surface area contributed by atoms with E-state index < -0.39 is 0 Å². The van der Waals surface area contributed by atoms with Crippen LogP contribution in [0, 0.1) is 0 Å². The van der Waals surface area contributed by atoms with Crippen molar-refractivity contribution in [3.63, 3.8) is 0 Å². The lowest BCUT2D eigenvalue weighted by molar-refractivity contribution is 0.248. The Bertz CT molecular complexity index is 782. The van der Waals surface area contributed by atoms with Crippen molar-refractivity contribution in [1.82, 2.24) is 5.32 Å². The third-order valence-corrected chi connectivity index (χ3v) is 4.07. The molecule has 1 atom stereocenters. The van der Waals surface area contributed by atoms with Gasteiger partial charge in [-0.3, -0.25) is 0 Å². The van der Waals surface area contributed by atoms with E-state index in [1.54, 1.807) is 0 Å². The molecule has 0 spiro atoms. The molecule has 3 aromatic rings. The number of benzene rings is 3. The van der Waals surface area contributed by atoms with Gasteiger partial charge in [-0.1, -0.05) is 30.3 Å². The van der Waals surface area contributed by atoms with Gasteiger partial charge in [0.25, 0.3) is 0 Å². The number of hydrogen-bond donors (Lipinski definition) is 2. The van der Waals surface area contributed by atoms with Crippen LogP contribution < -0.4 is 14.8 Å². The van der Waals surface area contributed by atoms with E-state index in [1.807, 2.05) is 85.9 Å². The van der Waals surface area contributed by atoms with Crippen molar-refractivity contribution >= 4 is 0 Å². The standard InChI is InChI=1S/C22H23NO3/c1-23-18(16-24)15-17-7-9-20(10-8-17)26-22-13-11-21(12-14-22)25-19-5-3-2-4-6-19/h2-14,18,23-24H,15-16H2,1H3/t18-/m0/s1. The zero-order chi connectivity index (χ0) is 18.2. The molecule has 4 heteroatoms. The largest absolute Gasteiger partial charge is 0.457 e. The first-order chi connectivity index (χ1) is 12.8. The average molecular weight is 349 g/mol. The summed E-state index contributed by atoms with van der Waals surface area (Å²) >= 11 is 0. The molecular weight excluding hydrogens is 326 g/mol. The average Bonchev–Trinajstić information content (AvgIpc) is 2.70. The van der Waals surface area contributed by atoms with Crippen LogP contribution in [0.1, 0.15) is 5.56 Å². The fourth-order valence-corrected chi connectivity index (χ4v) is 2.57. The van der Waals surface area contributed by atoms with E-state index in [9.17, 15) is 5.11 Å². The molecular formula is C22H23NO3. The fraction of sp³-hybridized carbons (Fsp3) is 0.182. The van der Waals surface area contributed by atoms with Crippen molar-refractivity contribution < 1.29 is 14.6 Å². The van der Waals surface area contributed by atoms with E-state index in [1.165, 1.54) is 0 Å². The minimum Gasteiger partial charge on any atom is -0.457 e. The molecule has 0 radical (unpaired) electrons. The molecule has 0 saturated carbocycles. The lowest BCUT2D eigenvalue weighted by Crippen LogP contribution is -2.31. The first kappa shape index (κ1) is 18.0. The predicted molar refractivity (Wildman–Crippen MR) is 103 cm³/mol. The van der Waals surface area contributed by atoms with Gasteiger partial charge in [0.15, 0.2) is 0 Å². The number of likely N-dealkylation sites (N-methyl/N-ethyl adjacent to an activating group) is 1. The number of aliphatic hydroxyl groups excluding tert-OH is 1. The van der Waals surface area contributed by atoms with Gasteiger partial charge in [-0.25, -0.2) is 0 Å². The number of nitrogens with one attached hydrogen (secondary N) is 1. The Kier molecular flexibility index (Phi) is 6.25. The van der Waals surface area contributed by atoms with E-state index >= 15 is 0 Å². The van der Waals surface area contributed by atoms with Crippen LogP contribution in [0.3, 0.4) is 0 Å². The van der Waals surface area contributed by atoms with Gasteiger partial charge in [0.1, 0.15) is 23.0 Å². The Morgan fingerprint density at radius 1 is 0.731 bits per heavy atom. The highest BCUT2D eigenvalue weighted by atomic mass is 16.5. The number of para-hydroxylation sites is 1. The molecule has 0 aliphatic carbocycles. The Hall–Kier alpha value is -2.82. The highest BCUT2D eigenvalue weighted by molar-refractivity contribution is 5.38. The lowest BCUT2D eigenvalue weighted by Gasteiger charge is -2.13. The summed E-state index contributed by atoms with van der Waals surface area (Å²) in [7, 11) is 1.85. The minimum atomic E-state index is 0.0685. The third-order valence-electron chi connectivity index (χ3n) is 4.07. The van der Waals surface area contributed by atoms with Crippen LogP contribution in [0.2, 0.25) is 0 Å². The molecule has 0 unspecified atom stereocenters. The molecule has 0 saturated heterocycles. The number of hydrogen-bond acceptors (Lipinski definition) is 4. The van der Waals surface area contributed by atoms with E-state index in [0.717, 1.165) is 35.0 Å². The van der Waals surface area contributed by atoms with Gasteiger partial charge < -0.3 is 19.9 Å². The van der Waals surface area contributed by atoms with Gasteiger partial charge in [0.2, 0.25) is 0 Å². The summed E-state index contributed by atoms with van der Waals surface area (Å²) < 4.78 is 11.7. The smallest absolute Gasteiger partial charge is 0.127 e. The molecule has 26 heavy (non-hydrogen) atoms. The fourth-order valence-electron chi connectivity index (χ4n) is 2.57. The summed E-state index contributed by atoms with van der Waals surface area (Å²) in [5, 5.41) is 12.3. The molecule has 0 amide bonds. The van der Waals surface area contributed by atoms with Crippen LogP contribution in [0.15, 0.2) is 78.9 Å². The van der Waals surface area contributed by atoms with E-state index in [4.69, 9.17) is 9.47 Å². The molecule has 0 aliphatic heterocycles. The molecule has 0 aliphatic rings. The normalized spacial score (nSPS) is 11.8. The summed E-state index contributed by atoms with van der Waals surface area (Å²) in [6, 6.07) is 25.2. The third kappa shape index (κ3) is 5.09. The van der Waals surface area contributed by atoms with Crippen molar-refractivity contribution in [2.45, 2.75) is 12.5 Å². The first-order valence-corrected chi connectivity index (χ1v) is 8.64. The highest BCUT2D eigenvalue weighted by Gasteiger charge is 2.06. The van der Waals surface area contributed by atoms with Crippen molar-refractivity contribution in [2.75, 3.05) is 13.7 Å². The van der Waals surface area contributed by atoms with Crippen LogP contribution in [-0.4, -0.2) is 24.8 Å². The maximum Gasteiger partial charge on any atom is 0.127 e. The monoisotopic (exact) mass is 349 g/mol. The zero-order valence-corrected chi connectivity index (χ0v) is 14.8. The zero-order valence-electron chi connectivity index (χ0n) is 14.8. The van der Waals surface area contributed by atoms with Crippen LogP contribution in [0.5, 0.6) is 23.0 Å². The second kappa shape index (κ2) is 9.04. The maximum absolute atomic E-state index is 9.25.